The lowest BCUT2D eigenvalue weighted by atomic mass is 10.0. The molecule has 34 heavy (non-hydrogen) atoms. The van der Waals surface area contributed by atoms with Crippen LogP contribution in [0, 0.1) is 5.82 Å². The van der Waals surface area contributed by atoms with Crippen LogP contribution < -0.4 is 5.32 Å². The van der Waals surface area contributed by atoms with Crippen LogP contribution >= 0.6 is 11.3 Å². The molecule has 0 bridgehead atoms. The largest absolute Gasteiger partial charge is 0.323 e. The van der Waals surface area contributed by atoms with Gasteiger partial charge in [-0.25, -0.2) is 9.37 Å². The third kappa shape index (κ3) is 4.99. The Labute approximate surface area is 202 Å². The molecule has 5 rings (SSSR count). The second-order valence-electron chi connectivity index (χ2n) is 8.46. The molecule has 0 spiro atoms. The van der Waals surface area contributed by atoms with Crippen LogP contribution in [-0.2, 0) is 31.1 Å². The number of aromatic nitrogens is 3. The molecule has 2 heterocycles. The first-order chi connectivity index (χ1) is 16.5. The van der Waals surface area contributed by atoms with Gasteiger partial charge in [0.25, 0.3) is 0 Å². The van der Waals surface area contributed by atoms with Crippen LogP contribution in [0.3, 0.4) is 0 Å². The molecule has 0 radical (unpaired) electrons. The summed E-state index contributed by atoms with van der Waals surface area (Å²) < 4.78 is 15.0. The molecular formula is C27H25FN4OS. The van der Waals surface area contributed by atoms with E-state index in [1.165, 1.54) is 52.2 Å². The van der Waals surface area contributed by atoms with E-state index in [0.29, 0.717) is 0 Å². The van der Waals surface area contributed by atoms with E-state index in [0.717, 1.165) is 41.8 Å². The molecule has 0 aliphatic heterocycles. The number of carbonyl (C=O) groups is 1. The molecule has 0 atom stereocenters. The first kappa shape index (κ1) is 22.2. The molecule has 1 amide bonds. The summed E-state index contributed by atoms with van der Waals surface area (Å²) >= 11 is 1.84. The van der Waals surface area contributed by atoms with E-state index in [-0.39, 0.29) is 11.7 Å². The summed E-state index contributed by atoms with van der Waals surface area (Å²) in [5.41, 5.74) is 5.64. The van der Waals surface area contributed by atoms with E-state index in [1.54, 1.807) is 29.1 Å². The van der Waals surface area contributed by atoms with E-state index in [2.05, 4.69) is 10.4 Å². The highest BCUT2D eigenvalue weighted by atomic mass is 32.1. The van der Waals surface area contributed by atoms with Gasteiger partial charge in [-0.2, -0.15) is 5.10 Å². The molecule has 172 valence electrons. The van der Waals surface area contributed by atoms with Crippen LogP contribution in [0.1, 0.15) is 39.5 Å². The summed E-state index contributed by atoms with van der Waals surface area (Å²) in [4.78, 5) is 18.8. The summed E-state index contributed by atoms with van der Waals surface area (Å²) in [6.45, 7) is 0. The van der Waals surface area contributed by atoms with Gasteiger partial charge in [-0.1, -0.05) is 12.1 Å². The third-order valence-electron chi connectivity index (χ3n) is 5.97. The zero-order chi connectivity index (χ0) is 23.5. The first-order valence-corrected chi connectivity index (χ1v) is 12.2. The maximum absolute atomic E-state index is 13.3. The average molecular weight is 473 g/mol. The molecule has 1 aliphatic rings. The van der Waals surface area contributed by atoms with Crippen molar-refractivity contribution in [2.45, 2.75) is 32.1 Å². The van der Waals surface area contributed by atoms with Gasteiger partial charge in [-0.05, 0) is 73.7 Å². The van der Waals surface area contributed by atoms with Gasteiger partial charge < -0.3 is 5.32 Å². The molecule has 0 saturated carbocycles. The SMILES string of the molecule is Cn1ncc(C=CC(=O)Nc2ccc(Cc3nc4c(s3)CCCC4)cc2)c1-c1ccc(F)cc1. The number of fused-ring (bicyclic) bond motifs is 1. The van der Waals surface area contributed by atoms with E-state index >= 15 is 0 Å². The number of amides is 1. The number of anilines is 1. The van der Waals surface area contributed by atoms with Crippen molar-refractivity contribution in [2.24, 2.45) is 7.05 Å². The van der Waals surface area contributed by atoms with Crippen molar-refractivity contribution in [3.05, 3.63) is 93.3 Å². The quantitative estimate of drug-likeness (QED) is 0.361. The minimum atomic E-state index is -0.292. The summed E-state index contributed by atoms with van der Waals surface area (Å²) in [6.07, 6.45) is 10.5. The average Bonchev–Trinajstić information content (AvgIpc) is 3.42. The Morgan fingerprint density at radius 1 is 1.12 bits per heavy atom. The Morgan fingerprint density at radius 2 is 1.88 bits per heavy atom. The van der Waals surface area contributed by atoms with Gasteiger partial charge >= 0.3 is 0 Å². The van der Waals surface area contributed by atoms with Crippen molar-refractivity contribution in [3.63, 3.8) is 0 Å². The van der Waals surface area contributed by atoms with Crippen LogP contribution in [0.15, 0.2) is 60.8 Å². The molecule has 2 aromatic carbocycles. The predicted octanol–water partition coefficient (Wildman–Crippen LogP) is 5.80. The lowest BCUT2D eigenvalue weighted by Gasteiger charge is -2.06. The first-order valence-electron chi connectivity index (χ1n) is 11.4. The Balaban J connectivity index is 1.22. The van der Waals surface area contributed by atoms with Crippen molar-refractivity contribution in [1.82, 2.24) is 14.8 Å². The number of carbonyl (C=O) groups excluding carboxylic acids is 1. The zero-order valence-electron chi connectivity index (χ0n) is 18.9. The van der Waals surface area contributed by atoms with E-state index in [4.69, 9.17) is 4.98 Å². The minimum absolute atomic E-state index is 0.228. The van der Waals surface area contributed by atoms with Crippen LogP contribution in [0.4, 0.5) is 10.1 Å². The van der Waals surface area contributed by atoms with Crippen molar-refractivity contribution in [1.29, 1.82) is 0 Å². The smallest absolute Gasteiger partial charge is 0.248 e. The number of nitrogens with zero attached hydrogens (tertiary/aromatic N) is 3. The molecule has 7 heteroatoms. The normalized spacial score (nSPS) is 13.2. The van der Waals surface area contributed by atoms with Crippen LogP contribution in [0.25, 0.3) is 17.3 Å². The molecular weight excluding hydrogens is 447 g/mol. The van der Waals surface area contributed by atoms with Gasteiger partial charge in [0.05, 0.1) is 22.6 Å². The Kier molecular flexibility index (Phi) is 6.36. The van der Waals surface area contributed by atoms with E-state index < -0.39 is 0 Å². The van der Waals surface area contributed by atoms with E-state index in [9.17, 15) is 9.18 Å². The van der Waals surface area contributed by atoms with Crippen molar-refractivity contribution in [3.8, 4) is 11.3 Å². The number of halogens is 1. The number of nitrogens with one attached hydrogen (secondary N) is 1. The number of aryl methyl sites for hydroxylation is 3. The molecule has 1 aliphatic carbocycles. The summed E-state index contributed by atoms with van der Waals surface area (Å²) in [5, 5.41) is 8.35. The van der Waals surface area contributed by atoms with Crippen molar-refractivity contribution >= 4 is 29.0 Å². The van der Waals surface area contributed by atoms with Crippen LogP contribution in [0.5, 0.6) is 0 Å². The Bertz CT molecular complexity index is 1310. The number of hydrogen-bond donors (Lipinski definition) is 1. The highest BCUT2D eigenvalue weighted by molar-refractivity contribution is 7.11. The topological polar surface area (TPSA) is 59.8 Å². The Morgan fingerprint density at radius 3 is 2.65 bits per heavy atom. The highest BCUT2D eigenvalue weighted by Gasteiger charge is 2.15. The molecule has 5 nitrogen and oxygen atoms in total. The molecule has 0 fully saturated rings. The van der Waals surface area contributed by atoms with Gasteiger partial charge in [-0.3, -0.25) is 9.48 Å². The standard InChI is InChI=1S/C27H25FN4OS/c1-32-27(19-8-11-21(28)12-9-19)20(17-29-32)10-15-25(33)30-22-13-6-18(7-14-22)16-26-31-23-4-2-3-5-24(23)34-26/h6-15,17H,2-5,16H2,1H3,(H,30,33). The van der Waals surface area contributed by atoms with Gasteiger partial charge in [0.15, 0.2) is 0 Å². The molecule has 0 unspecified atom stereocenters. The van der Waals surface area contributed by atoms with Gasteiger partial charge in [0.1, 0.15) is 5.82 Å². The second kappa shape index (κ2) is 9.73. The molecule has 4 aromatic rings. The summed E-state index contributed by atoms with van der Waals surface area (Å²) in [5.74, 6) is -0.520. The number of hydrogen-bond acceptors (Lipinski definition) is 4. The molecule has 2 aromatic heterocycles. The third-order valence-corrected chi connectivity index (χ3v) is 7.12. The lowest BCUT2D eigenvalue weighted by molar-refractivity contribution is -0.111. The maximum atomic E-state index is 13.3. The number of benzene rings is 2. The number of thiazole rings is 1. The summed E-state index contributed by atoms with van der Waals surface area (Å²) in [7, 11) is 1.82. The highest BCUT2D eigenvalue weighted by Crippen LogP contribution is 2.28. The van der Waals surface area contributed by atoms with Crippen molar-refractivity contribution < 1.29 is 9.18 Å². The summed E-state index contributed by atoms with van der Waals surface area (Å²) in [6, 6.07) is 14.1. The van der Waals surface area contributed by atoms with Crippen molar-refractivity contribution in [2.75, 3.05) is 5.32 Å². The van der Waals surface area contributed by atoms with Gasteiger partial charge in [-0.15, -0.1) is 11.3 Å². The number of rotatable bonds is 6. The lowest BCUT2D eigenvalue weighted by Crippen LogP contribution is -2.07. The van der Waals surface area contributed by atoms with E-state index in [1.807, 2.05) is 42.6 Å². The fourth-order valence-corrected chi connectivity index (χ4v) is 5.44. The van der Waals surface area contributed by atoms with Crippen LogP contribution in [0.2, 0.25) is 0 Å². The fraction of sp³-hybridized carbons (Fsp3) is 0.222. The molecule has 1 N–H and O–H groups in total. The minimum Gasteiger partial charge on any atom is -0.323 e. The maximum Gasteiger partial charge on any atom is 0.248 e. The molecule has 0 saturated heterocycles. The van der Waals surface area contributed by atoms with Gasteiger partial charge in [0.2, 0.25) is 5.91 Å². The Hall–Kier alpha value is -3.58. The van der Waals surface area contributed by atoms with Crippen LogP contribution in [-0.4, -0.2) is 20.7 Å². The predicted molar refractivity (Wildman–Crippen MR) is 134 cm³/mol. The zero-order valence-corrected chi connectivity index (χ0v) is 19.7. The fourth-order valence-electron chi connectivity index (χ4n) is 4.25. The second-order valence-corrected chi connectivity index (χ2v) is 9.63. The van der Waals surface area contributed by atoms with Gasteiger partial charge in [0, 0.05) is 41.2 Å². The monoisotopic (exact) mass is 472 g/mol.